The van der Waals surface area contributed by atoms with Gasteiger partial charge in [0.1, 0.15) is 5.75 Å². The van der Waals surface area contributed by atoms with E-state index in [-0.39, 0.29) is 10.6 Å². The molecule has 106 valence electrons. The highest BCUT2D eigenvalue weighted by atomic mass is 79.9. The summed E-state index contributed by atoms with van der Waals surface area (Å²) in [5, 5.41) is 9.62. The fourth-order valence-corrected chi connectivity index (χ4v) is 3.58. The fraction of sp³-hybridized carbons (Fsp3) is 0.143. The van der Waals surface area contributed by atoms with Gasteiger partial charge in [-0.1, -0.05) is 28.1 Å². The molecule has 0 aliphatic rings. The molecule has 2 N–H and O–H groups in total. The van der Waals surface area contributed by atoms with Crippen molar-refractivity contribution >= 4 is 31.6 Å². The molecule has 0 saturated carbocycles. The smallest absolute Gasteiger partial charge is 0.262 e. The van der Waals surface area contributed by atoms with Gasteiger partial charge in [-0.2, -0.15) is 0 Å². The number of phenolic OH excluding ortho intramolecular Hbond substituents is 1. The van der Waals surface area contributed by atoms with E-state index < -0.39 is 10.0 Å². The summed E-state index contributed by atoms with van der Waals surface area (Å²) in [6, 6.07) is 9.71. The van der Waals surface area contributed by atoms with Gasteiger partial charge in [0.2, 0.25) is 0 Å². The van der Waals surface area contributed by atoms with Crippen LogP contribution in [0.2, 0.25) is 0 Å². The van der Waals surface area contributed by atoms with Crippen molar-refractivity contribution in [1.29, 1.82) is 0 Å². The molecule has 2 aromatic carbocycles. The Balaban J connectivity index is 2.40. The summed E-state index contributed by atoms with van der Waals surface area (Å²) in [5.41, 5.74) is 1.66. The molecule has 0 bridgehead atoms. The first kappa shape index (κ1) is 14.9. The maximum absolute atomic E-state index is 12.4. The maximum atomic E-state index is 12.4. The molecule has 0 aliphatic carbocycles. The van der Waals surface area contributed by atoms with Gasteiger partial charge >= 0.3 is 0 Å². The monoisotopic (exact) mass is 355 g/mol. The lowest BCUT2D eigenvalue weighted by Crippen LogP contribution is -2.14. The summed E-state index contributed by atoms with van der Waals surface area (Å²) in [5.74, 6) is 0.0520. The molecule has 0 aromatic heterocycles. The van der Waals surface area contributed by atoms with Crippen LogP contribution in [0.1, 0.15) is 11.1 Å². The Bertz CT molecular complexity index is 757. The zero-order valence-electron chi connectivity index (χ0n) is 11.0. The van der Waals surface area contributed by atoms with Crippen molar-refractivity contribution in [3.8, 4) is 5.75 Å². The third-order valence-electron chi connectivity index (χ3n) is 2.90. The third-order valence-corrected chi connectivity index (χ3v) is 4.92. The Morgan fingerprint density at radius 3 is 2.35 bits per heavy atom. The number of aromatic hydroxyl groups is 1. The number of hydrogen-bond acceptors (Lipinski definition) is 3. The van der Waals surface area contributed by atoms with E-state index in [1.165, 1.54) is 6.07 Å². The molecule has 20 heavy (non-hydrogen) atoms. The van der Waals surface area contributed by atoms with Crippen LogP contribution in [-0.2, 0) is 10.0 Å². The third kappa shape index (κ3) is 3.13. The van der Waals surface area contributed by atoms with Gasteiger partial charge in [0.15, 0.2) is 0 Å². The van der Waals surface area contributed by atoms with E-state index in [0.29, 0.717) is 21.3 Å². The highest BCUT2D eigenvalue weighted by Crippen LogP contribution is 2.26. The van der Waals surface area contributed by atoms with Gasteiger partial charge in [-0.3, -0.25) is 4.72 Å². The molecule has 4 nitrogen and oxygen atoms in total. The number of aryl methyl sites for hydroxylation is 2. The standard InChI is InChI=1S/C14H14BrNO3S/c1-9-4-6-12(8-13(9)17)16-20(18,19)14-7-11(15)5-3-10(14)2/h3-8,16-17H,1-2H3. The first-order chi connectivity index (χ1) is 9.29. The molecular weight excluding hydrogens is 342 g/mol. The summed E-state index contributed by atoms with van der Waals surface area (Å²) in [4.78, 5) is 0.201. The van der Waals surface area contributed by atoms with Crippen molar-refractivity contribution < 1.29 is 13.5 Å². The molecule has 2 rings (SSSR count). The number of hydrogen-bond donors (Lipinski definition) is 2. The zero-order chi connectivity index (χ0) is 14.9. The molecule has 0 spiro atoms. The SMILES string of the molecule is Cc1ccc(NS(=O)(=O)c2cc(Br)ccc2C)cc1O. The van der Waals surface area contributed by atoms with E-state index in [0.717, 1.165) is 0 Å². The average Bonchev–Trinajstić information content (AvgIpc) is 2.36. The number of nitrogens with one attached hydrogen (secondary N) is 1. The van der Waals surface area contributed by atoms with Crippen molar-refractivity contribution in [2.24, 2.45) is 0 Å². The number of benzene rings is 2. The first-order valence-electron chi connectivity index (χ1n) is 5.88. The molecule has 0 fully saturated rings. The lowest BCUT2D eigenvalue weighted by atomic mass is 10.2. The van der Waals surface area contributed by atoms with Gasteiger partial charge in [-0.05, 0) is 43.2 Å². The van der Waals surface area contributed by atoms with Crippen molar-refractivity contribution in [2.75, 3.05) is 4.72 Å². The normalized spacial score (nSPS) is 11.3. The van der Waals surface area contributed by atoms with Crippen LogP contribution in [0.4, 0.5) is 5.69 Å². The lowest BCUT2D eigenvalue weighted by Gasteiger charge is -2.11. The predicted molar refractivity (Wildman–Crippen MR) is 82.5 cm³/mol. The van der Waals surface area contributed by atoms with Crippen molar-refractivity contribution in [2.45, 2.75) is 18.7 Å². The van der Waals surface area contributed by atoms with E-state index in [1.54, 1.807) is 44.2 Å². The van der Waals surface area contributed by atoms with Crippen LogP contribution >= 0.6 is 15.9 Å². The van der Waals surface area contributed by atoms with Crippen LogP contribution in [0, 0.1) is 13.8 Å². The van der Waals surface area contributed by atoms with Crippen LogP contribution in [0.25, 0.3) is 0 Å². The topological polar surface area (TPSA) is 66.4 Å². The Hall–Kier alpha value is -1.53. The zero-order valence-corrected chi connectivity index (χ0v) is 13.4. The van der Waals surface area contributed by atoms with Crippen LogP contribution in [0.15, 0.2) is 45.8 Å². The Kier molecular flexibility index (Phi) is 4.06. The molecular formula is C14H14BrNO3S. The van der Waals surface area contributed by atoms with Crippen LogP contribution < -0.4 is 4.72 Å². The van der Waals surface area contributed by atoms with Crippen molar-refractivity contribution in [3.63, 3.8) is 0 Å². The van der Waals surface area contributed by atoms with E-state index >= 15 is 0 Å². The molecule has 2 aromatic rings. The second-order valence-corrected chi connectivity index (χ2v) is 7.08. The highest BCUT2D eigenvalue weighted by molar-refractivity contribution is 9.10. The van der Waals surface area contributed by atoms with Gasteiger partial charge in [0.25, 0.3) is 10.0 Å². The highest BCUT2D eigenvalue weighted by Gasteiger charge is 2.17. The minimum atomic E-state index is -3.69. The number of phenols is 1. The summed E-state index contributed by atoms with van der Waals surface area (Å²) in [6.07, 6.45) is 0. The second kappa shape index (κ2) is 5.46. The van der Waals surface area contributed by atoms with Gasteiger partial charge in [-0.25, -0.2) is 8.42 Å². The minimum absolute atomic E-state index is 0.0520. The molecule has 0 heterocycles. The molecule has 0 unspecified atom stereocenters. The molecule has 0 radical (unpaired) electrons. The Labute approximate surface area is 126 Å². The predicted octanol–water partition coefficient (Wildman–Crippen LogP) is 3.57. The van der Waals surface area contributed by atoms with E-state index in [1.807, 2.05) is 0 Å². The number of halogens is 1. The molecule has 6 heteroatoms. The number of sulfonamides is 1. The maximum Gasteiger partial charge on any atom is 0.262 e. The van der Waals surface area contributed by atoms with Gasteiger partial charge in [-0.15, -0.1) is 0 Å². The summed E-state index contributed by atoms with van der Waals surface area (Å²) >= 11 is 3.26. The number of rotatable bonds is 3. The molecule has 0 amide bonds. The van der Waals surface area contributed by atoms with Gasteiger partial charge in [0.05, 0.1) is 10.6 Å². The fourth-order valence-electron chi connectivity index (χ4n) is 1.75. The number of anilines is 1. The minimum Gasteiger partial charge on any atom is -0.508 e. The van der Waals surface area contributed by atoms with Crippen molar-refractivity contribution in [1.82, 2.24) is 0 Å². The molecule has 0 saturated heterocycles. The Morgan fingerprint density at radius 1 is 1.05 bits per heavy atom. The largest absolute Gasteiger partial charge is 0.508 e. The van der Waals surface area contributed by atoms with E-state index in [2.05, 4.69) is 20.7 Å². The quantitative estimate of drug-likeness (QED) is 0.884. The molecule has 0 aliphatic heterocycles. The summed E-state index contributed by atoms with van der Waals surface area (Å²) in [7, 11) is -3.69. The van der Waals surface area contributed by atoms with Crippen LogP contribution in [-0.4, -0.2) is 13.5 Å². The summed E-state index contributed by atoms with van der Waals surface area (Å²) in [6.45, 7) is 3.47. The summed E-state index contributed by atoms with van der Waals surface area (Å²) < 4.78 is 27.9. The average molecular weight is 356 g/mol. The second-order valence-electron chi connectivity index (χ2n) is 4.52. The lowest BCUT2D eigenvalue weighted by molar-refractivity contribution is 0.471. The van der Waals surface area contributed by atoms with E-state index in [9.17, 15) is 13.5 Å². The van der Waals surface area contributed by atoms with Gasteiger partial charge < -0.3 is 5.11 Å². The van der Waals surface area contributed by atoms with Gasteiger partial charge in [0, 0.05) is 10.5 Å². The van der Waals surface area contributed by atoms with E-state index in [4.69, 9.17) is 0 Å². The first-order valence-corrected chi connectivity index (χ1v) is 8.16. The van der Waals surface area contributed by atoms with Crippen molar-refractivity contribution in [3.05, 3.63) is 52.0 Å². The van der Waals surface area contributed by atoms with Crippen LogP contribution in [0.3, 0.4) is 0 Å². The molecule has 0 atom stereocenters. The van der Waals surface area contributed by atoms with Crippen LogP contribution in [0.5, 0.6) is 5.75 Å². The Morgan fingerprint density at radius 2 is 1.70 bits per heavy atom.